The summed E-state index contributed by atoms with van der Waals surface area (Å²) in [7, 11) is 1.84. The number of carbonyl (C=O) groups excluding carboxylic acids is 1. The quantitative estimate of drug-likeness (QED) is 0.750. The number of hydrogen-bond acceptors (Lipinski definition) is 2. The Morgan fingerprint density at radius 1 is 1.24 bits per heavy atom. The Morgan fingerprint density at radius 3 is 2.68 bits per heavy atom. The molecule has 0 aliphatic carbocycles. The minimum atomic E-state index is -0.241. The van der Waals surface area contributed by atoms with Crippen LogP contribution in [0, 0.1) is 12.7 Å². The second-order valence-corrected chi connectivity index (χ2v) is 6.04. The molecule has 0 fully saturated rings. The lowest BCUT2D eigenvalue weighted by Gasteiger charge is -2.11. The molecule has 0 atom stereocenters. The van der Waals surface area contributed by atoms with Crippen LogP contribution in [0.2, 0.25) is 0 Å². The molecule has 6 heteroatoms. The number of imidazole rings is 1. The van der Waals surface area contributed by atoms with E-state index in [0.29, 0.717) is 25.2 Å². The normalized spacial score (nSPS) is 10.8. The van der Waals surface area contributed by atoms with E-state index in [0.717, 1.165) is 17.1 Å². The summed E-state index contributed by atoms with van der Waals surface area (Å²) >= 11 is 0. The first-order valence-corrected chi connectivity index (χ1v) is 8.19. The van der Waals surface area contributed by atoms with Crippen molar-refractivity contribution in [1.82, 2.24) is 19.4 Å². The van der Waals surface area contributed by atoms with Gasteiger partial charge in [-0.25, -0.2) is 9.37 Å². The zero-order valence-corrected chi connectivity index (χ0v) is 14.4. The fraction of sp³-hybridized carbons (Fsp3) is 0.263. The fourth-order valence-corrected chi connectivity index (χ4v) is 2.77. The molecule has 25 heavy (non-hydrogen) atoms. The zero-order chi connectivity index (χ0) is 17.8. The van der Waals surface area contributed by atoms with Gasteiger partial charge in [-0.3, -0.25) is 4.79 Å². The summed E-state index contributed by atoms with van der Waals surface area (Å²) in [6.45, 7) is 3.12. The molecule has 0 spiro atoms. The van der Waals surface area contributed by atoms with Crippen LogP contribution in [0.3, 0.4) is 0 Å². The number of carbonyl (C=O) groups is 1. The van der Waals surface area contributed by atoms with Gasteiger partial charge in [0.15, 0.2) is 0 Å². The number of benzene rings is 1. The number of amides is 1. The number of hydrogen-bond donors (Lipinski definition) is 1. The van der Waals surface area contributed by atoms with Crippen molar-refractivity contribution in [3.05, 3.63) is 77.4 Å². The van der Waals surface area contributed by atoms with E-state index < -0.39 is 0 Å². The Kier molecular flexibility index (Phi) is 4.97. The van der Waals surface area contributed by atoms with Crippen LogP contribution in [0.25, 0.3) is 0 Å². The van der Waals surface area contributed by atoms with Crippen molar-refractivity contribution in [2.75, 3.05) is 6.54 Å². The van der Waals surface area contributed by atoms with Gasteiger partial charge in [-0.05, 0) is 36.8 Å². The molecule has 0 aliphatic rings. The van der Waals surface area contributed by atoms with Crippen LogP contribution < -0.4 is 5.32 Å². The molecule has 0 saturated carbocycles. The number of nitrogens with one attached hydrogen (secondary N) is 1. The Balaban J connectivity index is 1.62. The second-order valence-electron chi connectivity index (χ2n) is 6.04. The van der Waals surface area contributed by atoms with E-state index in [4.69, 9.17) is 0 Å². The SMILES string of the molecule is Cc1cnc(CCNC(=O)c2cccn2C)n1Cc1ccc(F)cc1. The smallest absolute Gasteiger partial charge is 0.267 e. The Hall–Kier alpha value is -2.89. The monoisotopic (exact) mass is 340 g/mol. The molecule has 3 rings (SSSR count). The summed E-state index contributed by atoms with van der Waals surface area (Å²) in [4.78, 5) is 16.6. The lowest BCUT2D eigenvalue weighted by atomic mass is 10.2. The molecule has 0 aliphatic heterocycles. The van der Waals surface area contributed by atoms with Gasteiger partial charge < -0.3 is 14.5 Å². The van der Waals surface area contributed by atoms with Gasteiger partial charge in [0.1, 0.15) is 17.3 Å². The first kappa shape index (κ1) is 17.0. The van der Waals surface area contributed by atoms with Crippen molar-refractivity contribution in [2.45, 2.75) is 19.9 Å². The van der Waals surface area contributed by atoms with Gasteiger partial charge in [0.25, 0.3) is 5.91 Å². The molecule has 2 heterocycles. The summed E-state index contributed by atoms with van der Waals surface area (Å²) in [5.41, 5.74) is 2.68. The van der Waals surface area contributed by atoms with Crippen LogP contribution in [0.15, 0.2) is 48.8 Å². The third-order valence-corrected chi connectivity index (χ3v) is 4.20. The zero-order valence-electron chi connectivity index (χ0n) is 14.4. The molecule has 130 valence electrons. The van der Waals surface area contributed by atoms with E-state index in [9.17, 15) is 9.18 Å². The molecular weight excluding hydrogens is 319 g/mol. The predicted octanol–water partition coefficient (Wildman–Crippen LogP) is 2.69. The molecule has 5 nitrogen and oxygen atoms in total. The minimum absolute atomic E-state index is 0.0964. The minimum Gasteiger partial charge on any atom is -0.350 e. The number of nitrogens with zero attached hydrogens (tertiary/aromatic N) is 3. The maximum absolute atomic E-state index is 13.1. The van der Waals surface area contributed by atoms with Crippen molar-refractivity contribution in [1.29, 1.82) is 0 Å². The Morgan fingerprint density at radius 2 is 2.00 bits per heavy atom. The van der Waals surface area contributed by atoms with E-state index in [1.807, 2.05) is 32.4 Å². The van der Waals surface area contributed by atoms with Gasteiger partial charge in [-0.1, -0.05) is 12.1 Å². The van der Waals surface area contributed by atoms with Crippen LogP contribution >= 0.6 is 0 Å². The van der Waals surface area contributed by atoms with Crippen molar-refractivity contribution in [3.63, 3.8) is 0 Å². The van der Waals surface area contributed by atoms with Crippen molar-refractivity contribution >= 4 is 5.91 Å². The van der Waals surface area contributed by atoms with E-state index in [1.165, 1.54) is 12.1 Å². The highest BCUT2D eigenvalue weighted by Gasteiger charge is 2.11. The van der Waals surface area contributed by atoms with Gasteiger partial charge in [-0.15, -0.1) is 0 Å². The number of aryl methyl sites for hydroxylation is 2. The van der Waals surface area contributed by atoms with Crippen molar-refractivity contribution < 1.29 is 9.18 Å². The summed E-state index contributed by atoms with van der Waals surface area (Å²) in [6.07, 6.45) is 4.29. The number of rotatable bonds is 6. The van der Waals surface area contributed by atoms with Crippen LogP contribution in [-0.4, -0.2) is 26.6 Å². The van der Waals surface area contributed by atoms with Crippen LogP contribution in [-0.2, 0) is 20.0 Å². The van der Waals surface area contributed by atoms with E-state index >= 15 is 0 Å². The van der Waals surface area contributed by atoms with Crippen molar-refractivity contribution in [3.8, 4) is 0 Å². The molecule has 1 N–H and O–H groups in total. The average Bonchev–Trinajstić information content (AvgIpc) is 3.17. The number of halogens is 1. The highest BCUT2D eigenvalue weighted by atomic mass is 19.1. The Labute approximate surface area is 146 Å². The molecule has 1 aromatic carbocycles. The molecular formula is C19H21FN4O. The summed E-state index contributed by atoms with van der Waals surface area (Å²) in [6, 6.07) is 10.1. The van der Waals surface area contributed by atoms with E-state index in [1.54, 1.807) is 22.8 Å². The molecule has 0 bridgehead atoms. The van der Waals surface area contributed by atoms with Crippen LogP contribution in [0.5, 0.6) is 0 Å². The molecule has 0 unspecified atom stereocenters. The Bertz CT molecular complexity index is 864. The summed E-state index contributed by atoms with van der Waals surface area (Å²) in [5.74, 6) is 0.560. The summed E-state index contributed by atoms with van der Waals surface area (Å²) < 4.78 is 16.9. The molecule has 1 amide bonds. The first-order valence-electron chi connectivity index (χ1n) is 8.19. The first-order chi connectivity index (χ1) is 12.0. The van der Waals surface area contributed by atoms with Gasteiger partial charge in [0.2, 0.25) is 0 Å². The third-order valence-electron chi connectivity index (χ3n) is 4.20. The average molecular weight is 340 g/mol. The van der Waals surface area contributed by atoms with Crippen LogP contribution in [0.4, 0.5) is 4.39 Å². The van der Waals surface area contributed by atoms with Gasteiger partial charge >= 0.3 is 0 Å². The van der Waals surface area contributed by atoms with Crippen molar-refractivity contribution in [2.24, 2.45) is 7.05 Å². The van der Waals surface area contributed by atoms with E-state index in [-0.39, 0.29) is 11.7 Å². The third kappa shape index (κ3) is 3.96. The van der Waals surface area contributed by atoms with Gasteiger partial charge in [-0.2, -0.15) is 0 Å². The fourth-order valence-electron chi connectivity index (χ4n) is 2.77. The topological polar surface area (TPSA) is 51.9 Å². The molecule has 2 aromatic heterocycles. The highest BCUT2D eigenvalue weighted by Crippen LogP contribution is 2.11. The maximum Gasteiger partial charge on any atom is 0.267 e. The van der Waals surface area contributed by atoms with Gasteiger partial charge in [0, 0.05) is 44.6 Å². The number of aromatic nitrogens is 3. The van der Waals surface area contributed by atoms with Crippen LogP contribution in [0.1, 0.15) is 27.6 Å². The molecule has 3 aromatic rings. The second kappa shape index (κ2) is 7.34. The summed E-state index contributed by atoms with van der Waals surface area (Å²) in [5, 5.41) is 2.92. The lowest BCUT2D eigenvalue weighted by Crippen LogP contribution is -2.28. The van der Waals surface area contributed by atoms with Gasteiger partial charge in [0.05, 0.1) is 0 Å². The molecule has 0 saturated heterocycles. The maximum atomic E-state index is 13.1. The van der Waals surface area contributed by atoms with E-state index in [2.05, 4.69) is 14.9 Å². The largest absolute Gasteiger partial charge is 0.350 e. The molecule has 0 radical (unpaired) electrons. The standard InChI is InChI=1S/C19H21FN4O/c1-14-12-22-18(24(14)13-15-5-7-16(20)8-6-15)9-10-21-19(25)17-4-3-11-23(17)2/h3-8,11-12H,9-10,13H2,1-2H3,(H,21,25). The lowest BCUT2D eigenvalue weighted by molar-refractivity contribution is 0.0946. The highest BCUT2D eigenvalue weighted by molar-refractivity contribution is 5.92. The predicted molar refractivity (Wildman–Crippen MR) is 93.9 cm³/mol.